The van der Waals surface area contributed by atoms with E-state index in [4.69, 9.17) is 24.3 Å². The third-order valence-electron chi connectivity index (χ3n) is 8.68. The third kappa shape index (κ3) is 36.5. The Morgan fingerprint density at radius 3 is 1.52 bits per heavy atom. The van der Waals surface area contributed by atoms with Crippen LogP contribution in [-0.4, -0.2) is 49.9 Å². The summed E-state index contributed by atoms with van der Waals surface area (Å²) in [5.74, 6) is -0.333. The summed E-state index contributed by atoms with van der Waals surface area (Å²) in [6.45, 7) is 4.93. The van der Waals surface area contributed by atoms with Crippen LogP contribution >= 0.6 is 7.82 Å². The molecule has 286 valence electrons. The first-order valence-corrected chi connectivity index (χ1v) is 21.7. The lowest BCUT2D eigenvalue weighted by Gasteiger charge is -2.20. The van der Waals surface area contributed by atoms with Crippen molar-refractivity contribution in [3.63, 3.8) is 0 Å². The summed E-state index contributed by atoms with van der Waals surface area (Å²) in [6, 6.07) is 0. The van der Waals surface area contributed by atoms with E-state index >= 15 is 0 Å². The second-order valence-electron chi connectivity index (χ2n) is 13.5. The van der Waals surface area contributed by atoms with Gasteiger partial charge in [0.05, 0.1) is 19.8 Å². The Hall–Kier alpha value is -0.760. The van der Waals surface area contributed by atoms with E-state index in [1.807, 2.05) is 0 Å². The maximum atomic E-state index is 12.5. The third-order valence-corrected chi connectivity index (χ3v) is 9.67. The first-order chi connectivity index (χ1) is 23.4. The number of phosphoric ester groups is 1. The molecule has 0 aliphatic heterocycles. The van der Waals surface area contributed by atoms with E-state index in [0.717, 1.165) is 32.1 Å². The SMILES string of the molecule is CCCCCCCCC/C=C\CCCCCCCCCC(=O)OC(COCCCCCCCCCCCCC)COP(=O)(O)OCCN. The zero-order valence-electron chi connectivity index (χ0n) is 31.5. The van der Waals surface area contributed by atoms with Crippen molar-refractivity contribution >= 4 is 13.8 Å². The van der Waals surface area contributed by atoms with Gasteiger partial charge in [-0.1, -0.05) is 161 Å². The summed E-state index contributed by atoms with van der Waals surface area (Å²) in [5, 5.41) is 0. The number of hydrogen-bond acceptors (Lipinski definition) is 7. The normalized spacial score (nSPS) is 13.7. The molecular formula is C39H78NO7P. The van der Waals surface area contributed by atoms with Gasteiger partial charge in [0.1, 0.15) is 6.10 Å². The van der Waals surface area contributed by atoms with E-state index in [-0.39, 0.29) is 32.3 Å². The summed E-state index contributed by atoms with van der Waals surface area (Å²) >= 11 is 0. The van der Waals surface area contributed by atoms with Gasteiger partial charge in [-0.25, -0.2) is 4.57 Å². The maximum absolute atomic E-state index is 12.5. The standard InChI is InChI=1S/C39H78NO7P/c1-3-5-7-9-11-13-15-16-17-18-19-20-21-22-24-26-28-30-32-39(41)47-38(37-46-48(42,43)45-35-33-40)36-44-34-31-29-27-25-23-14-12-10-8-6-4-2/h17-18,38H,3-16,19-37,40H2,1-2H3,(H,42,43)/b18-17-. The number of rotatable bonds is 39. The van der Waals surface area contributed by atoms with Gasteiger partial charge >= 0.3 is 13.8 Å². The van der Waals surface area contributed by atoms with Crippen molar-refractivity contribution in [2.24, 2.45) is 5.73 Å². The molecule has 2 unspecified atom stereocenters. The fraction of sp³-hybridized carbons (Fsp3) is 0.923. The zero-order chi connectivity index (χ0) is 35.2. The monoisotopic (exact) mass is 704 g/mol. The molecular weight excluding hydrogens is 625 g/mol. The molecule has 9 heteroatoms. The van der Waals surface area contributed by atoms with Crippen molar-refractivity contribution in [3.8, 4) is 0 Å². The number of carbonyl (C=O) groups excluding carboxylic acids is 1. The van der Waals surface area contributed by atoms with E-state index in [1.54, 1.807) is 0 Å². The Balaban J connectivity index is 4.02. The molecule has 0 fully saturated rings. The summed E-state index contributed by atoms with van der Waals surface area (Å²) < 4.78 is 33.3. The molecule has 0 saturated carbocycles. The molecule has 0 rings (SSSR count). The number of nitrogens with two attached hydrogens (primary N) is 1. The van der Waals surface area contributed by atoms with Gasteiger partial charge in [0.25, 0.3) is 0 Å². The minimum Gasteiger partial charge on any atom is -0.457 e. The van der Waals surface area contributed by atoms with Crippen LogP contribution in [0.15, 0.2) is 12.2 Å². The van der Waals surface area contributed by atoms with Crippen LogP contribution in [0.3, 0.4) is 0 Å². The van der Waals surface area contributed by atoms with Crippen LogP contribution < -0.4 is 5.73 Å². The number of carbonyl (C=O) groups is 1. The van der Waals surface area contributed by atoms with Gasteiger partial charge in [0.2, 0.25) is 0 Å². The Bertz CT molecular complexity index is 752. The van der Waals surface area contributed by atoms with Crippen molar-refractivity contribution in [2.45, 2.75) is 200 Å². The number of unbranched alkanes of at least 4 members (excludes halogenated alkanes) is 24. The number of allylic oxidation sites excluding steroid dienone is 2. The lowest BCUT2D eigenvalue weighted by Crippen LogP contribution is -2.28. The Morgan fingerprint density at radius 1 is 0.604 bits per heavy atom. The van der Waals surface area contributed by atoms with Crippen LogP contribution in [0.1, 0.15) is 194 Å². The predicted molar refractivity (Wildman–Crippen MR) is 201 cm³/mol. The number of phosphoric acid groups is 1. The molecule has 0 spiro atoms. The highest BCUT2D eigenvalue weighted by molar-refractivity contribution is 7.47. The van der Waals surface area contributed by atoms with Gasteiger partial charge in [-0.3, -0.25) is 13.8 Å². The van der Waals surface area contributed by atoms with Crippen molar-refractivity contribution in [2.75, 3.05) is 33.0 Å². The van der Waals surface area contributed by atoms with Crippen LogP contribution in [0, 0.1) is 0 Å². The van der Waals surface area contributed by atoms with Gasteiger partial charge in [-0.15, -0.1) is 0 Å². The van der Waals surface area contributed by atoms with Crippen LogP contribution in [-0.2, 0) is 27.9 Å². The van der Waals surface area contributed by atoms with Crippen LogP contribution in [0.25, 0.3) is 0 Å². The van der Waals surface area contributed by atoms with Crippen LogP contribution in [0.2, 0.25) is 0 Å². The predicted octanol–water partition coefficient (Wildman–Crippen LogP) is 11.5. The summed E-state index contributed by atoms with van der Waals surface area (Å²) in [5.41, 5.74) is 5.35. The molecule has 0 aliphatic rings. The van der Waals surface area contributed by atoms with E-state index in [0.29, 0.717) is 13.0 Å². The summed E-state index contributed by atoms with van der Waals surface area (Å²) in [7, 11) is -4.27. The fourth-order valence-corrected chi connectivity index (χ4v) is 6.46. The lowest BCUT2D eigenvalue weighted by atomic mass is 10.1. The molecule has 48 heavy (non-hydrogen) atoms. The Morgan fingerprint density at radius 2 is 1.04 bits per heavy atom. The van der Waals surface area contributed by atoms with Crippen molar-refractivity contribution in [1.29, 1.82) is 0 Å². The molecule has 0 aliphatic carbocycles. The highest BCUT2D eigenvalue weighted by Crippen LogP contribution is 2.43. The lowest BCUT2D eigenvalue weighted by molar-refractivity contribution is -0.154. The van der Waals surface area contributed by atoms with E-state index in [9.17, 15) is 14.3 Å². The minimum absolute atomic E-state index is 0.0933. The van der Waals surface area contributed by atoms with Crippen LogP contribution in [0.5, 0.6) is 0 Å². The largest absolute Gasteiger partial charge is 0.472 e. The van der Waals surface area contributed by atoms with E-state index in [2.05, 4.69) is 26.0 Å². The molecule has 0 bridgehead atoms. The average molecular weight is 704 g/mol. The maximum Gasteiger partial charge on any atom is 0.472 e. The first-order valence-electron chi connectivity index (χ1n) is 20.2. The number of esters is 1. The molecule has 3 N–H and O–H groups in total. The van der Waals surface area contributed by atoms with Crippen molar-refractivity contribution in [1.82, 2.24) is 0 Å². The van der Waals surface area contributed by atoms with Crippen LogP contribution in [0.4, 0.5) is 0 Å². The van der Waals surface area contributed by atoms with Crippen molar-refractivity contribution in [3.05, 3.63) is 12.2 Å². The highest BCUT2D eigenvalue weighted by atomic mass is 31.2. The summed E-state index contributed by atoms with van der Waals surface area (Å²) in [6.07, 6.45) is 37.9. The van der Waals surface area contributed by atoms with Gasteiger partial charge < -0.3 is 20.1 Å². The quantitative estimate of drug-likeness (QED) is 0.0281. The molecule has 0 aromatic heterocycles. The van der Waals surface area contributed by atoms with Gasteiger partial charge in [0, 0.05) is 19.6 Å². The van der Waals surface area contributed by atoms with E-state index in [1.165, 1.54) is 141 Å². The molecule has 0 amide bonds. The second kappa shape index (κ2) is 37.5. The number of ether oxygens (including phenoxy) is 2. The van der Waals surface area contributed by atoms with E-state index < -0.39 is 13.9 Å². The number of hydrogen-bond donors (Lipinski definition) is 2. The first kappa shape index (κ1) is 47.2. The topological polar surface area (TPSA) is 117 Å². The molecule has 0 aromatic rings. The average Bonchev–Trinajstić information content (AvgIpc) is 3.07. The van der Waals surface area contributed by atoms with Crippen molar-refractivity contribution < 1.29 is 32.8 Å². The molecule has 8 nitrogen and oxygen atoms in total. The second-order valence-corrected chi connectivity index (χ2v) is 15.0. The zero-order valence-corrected chi connectivity index (χ0v) is 32.4. The van der Waals surface area contributed by atoms with Gasteiger partial charge in [-0.05, 0) is 38.5 Å². The highest BCUT2D eigenvalue weighted by Gasteiger charge is 2.25. The molecule has 0 aromatic carbocycles. The molecule has 2 atom stereocenters. The van der Waals surface area contributed by atoms with Gasteiger partial charge in [0.15, 0.2) is 0 Å². The summed E-state index contributed by atoms with van der Waals surface area (Å²) in [4.78, 5) is 22.4. The van der Waals surface area contributed by atoms with Gasteiger partial charge in [-0.2, -0.15) is 0 Å². The molecule has 0 heterocycles. The Kier molecular flexibility index (Phi) is 36.9. The molecule has 0 radical (unpaired) electrons. The molecule has 0 saturated heterocycles. The Labute approximate surface area is 296 Å². The fourth-order valence-electron chi connectivity index (χ4n) is 5.70. The smallest absolute Gasteiger partial charge is 0.457 e. The minimum atomic E-state index is -4.27.